The molecular weight excluding hydrogens is 250 g/mol. The van der Waals surface area contributed by atoms with Crippen molar-refractivity contribution in [1.29, 1.82) is 0 Å². The van der Waals surface area contributed by atoms with Crippen LogP contribution in [0.15, 0.2) is 18.2 Å². The van der Waals surface area contributed by atoms with Gasteiger partial charge in [-0.25, -0.2) is 8.78 Å². The first kappa shape index (κ1) is 14.4. The van der Waals surface area contributed by atoms with Gasteiger partial charge in [0.15, 0.2) is 0 Å². The Morgan fingerprint density at radius 1 is 1.47 bits per heavy atom. The first-order valence-electron chi connectivity index (χ1n) is 6.56. The molecule has 2 unspecified atom stereocenters. The first-order chi connectivity index (χ1) is 9.04. The van der Waals surface area contributed by atoms with Gasteiger partial charge in [0.1, 0.15) is 11.6 Å². The van der Waals surface area contributed by atoms with Crippen molar-refractivity contribution in [3.63, 3.8) is 0 Å². The molecule has 1 heterocycles. The van der Waals surface area contributed by atoms with Crippen molar-refractivity contribution in [2.45, 2.75) is 31.4 Å². The van der Waals surface area contributed by atoms with E-state index < -0.39 is 11.6 Å². The van der Waals surface area contributed by atoms with E-state index in [0.29, 0.717) is 12.1 Å². The van der Waals surface area contributed by atoms with E-state index in [1.165, 1.54) is 12.1 Å². The van der Waals surface area contributed by atoms with Crippen molar-refractivity contribution in [3.05, 3.63) is 35.4 Å². The molecule has 106 valence electrons. The number of halogens is 2. The zero-order valence-corrected chi connectivity index (χ0v) is 11.1. The second kappa shape index (κ2) is 5.94. The van der Waals surface area contributed by atoms with Crippen LogP contribution in [0.4, 0.5) is 8.78 Å². The Morgan fingerprint density at radius 2 is 2.26 bits per heavy atom. The molecule has 2 atom stereocenters. The highest BCUT2D eigenvalue weighted by Gasteiger charge is 2.30. The van der Waals surface area contributed by atoms with Crippen LogP contribution < -0.4 is 11.1 Å². The van der Waals surface area contributed by atoms with Gasteiger partial charge in [-0.1, -0.05) is 6.07 Å². The third kappa shape index (κ3) is 3.49. The van der Waals surface area contributed by atoms with Crippen molar-refractivity contribution < 1.29 is 13.5 Å². The van der Waals surface area contributed by atoms with Crippen LogP contribution in [0, 0.1) is 11.6 Å². The summed E-state index contributed by atoms with van der Waals surface area (Å²) in [4.78, 5) is 0. The number of rotatable bonds is 5. The summed E-state index contributed by atoms with van der Waals surface area (Å²) in [5, 5.41) is 3.22. The SMILES string of the molecule is CC1(CNC(CN)c2ccc(F)cc2F)CCCO1. The zero-order chi connectivity index (χ0) is 13.9. The maximum absolute atomic E-state index is 13.7. The molecule has 0 radical (unpaired) electrons. The fraction of sp³-hybridized carbons (Fsp3) is 0.571. The first-order valence-corrected chi connectivity index (χ1v) is 6.56. The number of hydrogen-bond donors (Lipinski definition) is 2. The lowest BCUT2D eigenvalue weighted by atomic mass is 10.0. The molecule has 3 nitrogen and oxygen atoms in total. The summed E-state index contributed by atoms with van der Waals surface area (Å²) in [7, 11) is 0. The largest absolute Gasteiger partial charge is 0.374 e. The lowest BCUT2D eigenvalue weighted by Crippen LogP contribution is -2.41. The molecule has 2 rings (SSSR count). The summed E-state index contributed by atoms with van der Waals surface area (Å²) in [6, 6.07) is 3.23. The molecular formula is C14H20F2N2O. The minimum atomic E-state index is -0.580. The van der Waals surface area contributed by atoms with E-state index in [4.69, 9.17) is 10.5 Å². The summed E-state index contributed by atoms with van der Waals surface area (Å²) in [5.41, 5.74) is 5.85. The highest BCUT2D eigenvalue weighted by molar-refractivity contribution is 5.22. The van der Waals surface area contributed by atoms with Gasteiger partial charge in [0, 0.05) is 37.4 Å². The van der Waals surface area contributed by atoms with Crippen molar-refractivity contribution in [1.82, 2.24) is 5.32 Å². The van der Waals surface area contributed by atoms with Gasteiger partial charge >= 0.3 is 0 Å². The van der Waals surface area contributed by atoms with E-state index in [0.717, 1.165) is 25.5 Å². The Labute approximate surface area is 112 Å². The minimum Gasteiger partial charge on any atom is -0.374 e. The van der Waals surface area contributed by atoms with Crippen molar-refractivity contribution >= 4 is 0 Å². The monoisotopic (exact) mass is 270 g/mol. The van der Waals surface area contributed by atoms with Crippen LogP contribution in [-0.4, -0.2) is 25.3 Å². The molecule has 19 heavy (non-hydrogen) atoms. The van der Waals surface area contributed by atoms with Gasteiger partial charge in [-0.2, -0.15) is 0 Å². The summed E-state index contributed by atoms with van der Waals surface area (Å²) in [6.07, 6.45) is 2.01. The van der Waals surface area contributed by atoms with E-state index in [2.05, 4.69) is 5.32 Å². The second-order valence-corrected chi connectivity index (χ2v) is 5.24. The quantitative estimate of drug-likeness (QED) is 0.861. The predicted molar refractivity (Wildman–Crippen MR) is 69.7 cm³/mol. The standard InChI is InChI=1S/C14H20F2N2O/c1-14(5-2-6-19-14)9-18-13(8-17)11-4-3-10(15)7-12(11)16/h3-4,7,13,18H,2,5-6,8-9,17H2,1H3. The smallest absolute Gasteiger partial charge is 0.130 e. The molecule has 1 saturated heterocycles. The lowest BCUT2D eigenvalue weighted by molar-refractivity contribution is 0.0188. The van der Waals surface area contributed by atoms with Crippen molar-refractivity contribution in [2.24, 2.45) is 5.73 Å². The maximum Gasteiger partial charge on any atom is 0.130 e. The van der Waals surface area contributed by atoms with Gasteiger partial charge in [0.05, 0.1) is 5.60 Å². The summed E-state index contributed by atoms with van der Waals surface area (Å²) in [5.74, 6) is -1.15. The summed E-state index contributed by atoms with van der Waals surface area (Å²) >= 11 is 0. The third-order valence-electron chi connectivity index (χ3n) is 3.60. The third-order valence-corrected chi connectivity index (χ3v) is 3.60. The van der Waals surface area contributed by atoms with E-state index in [9.17, 15) is 8.78 Å². The molecule has 0 spiro atoms. The highest BCUT2D eigenvalue weighted by Crippen LogP contribution is 2.25. The Bertz CT molecular complexity index is 433. The van der Waals surface area contributed by atoms with E-state index in [-0.39, 0.29) is 18.2 Å². The molecule has 5 heteroatoms. The molecule has 0 amide bonds. The van der Waals surface area contributed by atoms with E-state index in [1.807, 2.05) is 6.92 Å². The van der Waals surface area contributed by atoms with Crippen LogP contribution in [0.25, 0.3) is 0 Å². The number of nitrogens with one attached hydrogen (secondary N) is 1. The molecule has 0 aromatic heterocycles. The Balaban J connectivity index is 2.03. The molecule has 1 aliphatic heterocycles. The van der Waals surface area contributed by atoms with Gasteiger partial charge in [-0.15, -0.1) is 0 Å². The van der Waals surface area contributed by atoms with Gasteiger partial charge in [0.2, 0.25) is 0 Å². The van der Waals surface area contributed by atoms with Gasteiger partial charge in [-0.3, -0.25) is 0 Å². The van der Waals surface area contributed by atoms with Crippen LogP contribution in [0.1, 0.15) is 31.4 Å². The predicted octanol–water partition coefficient (Wildman–Crippen LogP) is 2.12. The Kier molecular flexibility index (Phi) is 4.50. The molecule has 0 bridgehead atoms. The average molecular weight is 270 g/mol. The minimum absolute atomic E-state index is 0.218. The average Bonchev–Trinajstić information content (AvgIpc) is 2.79. The second-order valence-electron chi connectivity index (χ2n) is 5.24. The van der Waals surface area contributed by atoms with Gasteiger partial charge in [-0.05, 0) is 25.8 Å². The summed E-state index contributed by atoms with van der Waals surface area (Å²) < 4.78 is 32.3. The molecule has 1 aliphatic rings. The topological polar surface area (TPSA) is 47.3 Å². The van der Waals surface area contributed by atoms with Crippen LogP contribution in [-0.2, 0) is 4.74 Å². The molecule has 1 fully saturated rings. The molecule has 0 saturated carbocycles. The molecule has 1 aromatic rings. The van der Waals surface area contributed by atoms with Crippen molar-refractivity contribution in [2.75, 3.05) is 19.7 Å². The van der Waals surface area contributed by atoms with Crippen LogP contribution in [0.3, 0.4) is 0 Å². The summed E-state index contributed by atoms with van der Waals surface area (Å²) in [6.45, 7) is 3.64. The number of nitrogens with two attached hydrogens (primary N) is 1. The zero-order valence-electron chi connectivity index (χ0n) is 11.1. The fourth-order valence-electron chi connectivity index (χ4n) is 2.42. The normalized spacial score (nSPS) is 24.6. The van der Waals surface area contributed by atoms with Gasteiger partial charge < -0.3 is 15.8 Å². The number of hydrogen-bond acceptors (Lipinski definition) is 3. The fourth-order valence-corrected chi connectivity index (χ4v) is 2.42. The Morgan fingerprint density at radius 3 is 2.84 bits per heavy atom. The van der Waals surface area contributed by atoms with Crippen molar-refractivity contribution in [3.8, 4) is 0 Å². The number of ether oxygens (including phenoxy) is 1. The highest BCUT2D eigenvalue weighted by atomic mass is 19.1. The van der Waals surface area contributed by atoms with Gasteiger partial charge in [0.25, 0.3) is 0 Å². The lowest BCUT2D eigenvalue weighted by Gasteiger charge is -2.27. The Hall–Kier alpha value is -1.04. The van der Waals surface area contributed by atoms with E-state index in [1.54, 1.807) is 0 Å². The van der Waals surface area contributed by atoms with Crippen LogP contribution >= 0.6 is 0 Å². The van der Waals surface area contributed by atoms with Crippen LogP contribution in [0.5, 0.6) is 0 Å². The molecule has 1 aromatic carbocycles. The number of benzene rings is 1. The van der Waals surface area contributed by atoms with Crippen LogP contribution in [0.2, 0.25) is 0 Å². The van der Waals surface area contributed by atoms with E-state index >= 15 is 0 Å². The molecule has 0 aliphatic carbocycles. The maximum atomic E-state index is 13.7. The molecule has 3 N–H and O–H groups in total.